The van der Waals surface area contributed by atoms with Crippen molar-refractivity contribution in [2.24, 2.45) is 0 Å². The normalized spacial score (nSPS) is 11.9. The van der Waals surface area contributed by atoms with E-state index in [-0.39, 0.29) is 0 Å². The average Bonchev–Trinajstić information content (AvgIpc) is 3.32. The van der Waals surface area contributed by atoms with Gasteiger partial charge >= 0.3 is 0 Å². The smallest absolute Gasteiger partial charge is 0.0246 e. The molecular formula is C60H52Br4. The number of halogens is 4. The molecular weight excluding hydrogens is 1040 g/mol. The molecule has 8 aromatic carbocycles. The molecule has 0 nitrogen and oxygen atoms in total. The lowest BCUT2D eigenvalue weighted by atomic mass is 9.76. The summed E-state index contributed by atoms with van der Waals surface area (Å²) in [7, 11) is 0. The third kappa shape index (κ3) is 10.8. The van der Waals surface area contributed by atoms with Gasteiger partial charge < -0.3 is 0 Å². The highest BCUT2D eigenvalue weighted by Gasteiger charge is 2.25. The number of hydrogen-bond donors (Lipinski definition) is 0. The summed E-state index contributed by atoms with van der Waals surface area (Å²) in [5, 5.41) is 8.57. The van der Waals surface area contributed by atoms with Gasteiger partial charge in [0.15, 0.2) is 0 Å². The largest absolute Gasteiger partial charge is 0.0979 e. The molecule has 0 amide bonds. The molecule has 0 bridgehead atoms. The number of fused-ring (bicyclic) bond motifs is 4. The van der Waals surface area contributed by atoms with Crippen molar-refractivity contribution in [1.82, 2.24) is 0 Å². The second-order valence-corrected chi connectivity index (χ2v) is 20.4. The van der Waals surface area contributed by atoms with Crippen molar-refractivity contribution in [1.29, 1.82) is 0 Å². The van der Waals surface area contributed by atoms with Gasteiger partial charge in [0.25, 0.3) is 0 Å². The lowest BCUT2D eigenvalue weighted by Gasteiger charge is -2.27. The van der Waals surface area contributed by atoms with Gasteiger partial charge in [-0.15, -0.1) is 0 Å². The predicted molar refractivity (Wildman–Crippen MR) is 290 cm³/mol. The van der Waals surface area contributed by atoms with Crippen LogP contribution in [0.1, 0.15) is 98.6 Å². The summed E-state index contributed by atoms with van der Waals surface area (Å²) in [4.78, 5) is 0. The topological polar surface area (TPSA) is 0 Å². The van der Waals surface area contributed by atoms with Gasteiger partial charge in [0.1, 0.15) is 0 Å². The number of hydrogen-bond acceptors (Lipinski definition) is 0. The van der Waals surface area contributed by atoms with Gasteiger partial charge in [-0.25, -0.2) is 0 Å². The van der Waals surface area contributed by atoms with Crippen molar-refractivity contribution in [3.05, 3.63) is 185 Å². The number of aryl methyl sites for hydroxylation is 2. The first-order chi connectivity index (χ1) is 31.3. The summed E-state index contributed by atoms with van der Waals surface area (Å²) in [6.45, 7) is 4.63. The van der Waals surface area contributed by atoms with Crippen molar-refractivity contribution in [2.75, 3.05) is 0 Å². The van der Waals surface area contributed by atoms with Crippen LogP contribution in [0.5, 0.6) is 0 Å². The fourth-order valence-electron chi connectivity index (χ4n) is 9.35. The van der Waals surface area contributed by atoms with Crippen LogP contribution in [0.4, 0.5) is 0 Å². The Morgan fingerprint density at radius 2 is 0.781 bits per heavy atom. The Hall–Kier alpha value is -4.42. The second-order valence-electron chi connectivity index (χ2n) is 16.7. The molecule has 0 atom stereocenters. The third-order valence-corrected chi connectivity index (χ3v) is 14.4. The molecule has 0 N–H and O–H groups in total. The molecule has 1 aliphatic rings. The van der Waals surface area contributed by atoms with Crippen molar-refractivity contribution >= 4 is 96.0 Å². The van der Waals surface area contributed by atoms with E-state index in [9.17, 15) is 0 Å². The zero-order valence-corrected chi connectivity index (χ0v) is 43.0. The summed E-state index contributed by atoms with van der Waals surface area (Å²) in [5.41, 5.74) is 13.8. The van der Waals surface area contributed by atoms with Gasteiger partial charge in [-0.3, -0.25) is 0 Å². The molecule has 0 aliphatic heterocycles. The third-order valence-electron chi connectivity index (χ3n) is 12.3. The lowest BCUT2D eigenvalue weighted by molar-refractivity contribution is 0.689. The highest BCUT2D eigenvalue weighted by molar-refractivity contribution is 9.11. The van der Waals surface area contributed by atoms with Crippen molar-refractivity contribution in [2.45, 2.75) is 90.9 Å². The highest BCUT2D eigenvalue weighted by Crippen LogP contribution is 2.48. The number of benzene rings is 8. The minimum atomic E-state index is 0.927. The van der Waals surface area contributed by atoms with Crippen molar-refractivity contribution in [3.8, 4) is 45.9 Å². The van der Waals surface area contributed by atoms with E-state index < -0.39 is 0 Å². The average molecular weight is 1090 g/mol. The fraction of sp³-hybridized carbons (Fsp3) is 0.233. The Morgan fingerprint density at radius 3 is 1.14 bits per heavy atom. The van der Waals surface area contributed by atoms with Gasteiger partial charge in [-0.2, -0.15) is 0 Å². The van der Waals surface area contributed by atoms with Crippen LogP contribution in [0.25, 0.3) is 54.6 Å². The Balaban J connectivity index is 0.000000215. The van der Waals surface area contributed by atoms with Gasteiger partial charge in [-0.05, 0) is 213 Å². The zero-order valence-electron chi connectivity index (χ0n) is 36.7. The van der Waals surface area contributed by atoms with Crippen LogP contribution in [0.2, 0.25) is 0 Å². The van der Waals surface area contributed by atoms with Crippen LogP contribution in [0.15, 0.2) is 151 Å². The van der Waals surface area contributed by atoms with Crippen LogP contribution in [0, 0.1) is 23.7 Å². The Labute approximate surface area is 414 Å². The summed E-state index contributed by atoms with van der Waals surface area (Å²) in [6, 6.07) is 48.6. The first-order valence-electron chi connectivity index (χ1n) is 22.8. The van der Waals surface area contributed by atoms with Crippen molar-refractivity contribution < 1.29 is 0 Å². The summed E-state index contributed by atoms with van der Waals surface area (Å²) >= 11 is 14.2. The minimum Gasteiger partial charge on any atom is -0.0979 e. The van der Waals surface area contributed by atoms with Gasteiger partial charge in [0.2, 0.25) is 0 Å². The molecule has 0 saturated heterocycles. The van der Waals surface area contributed by atoms with Crippen molar-refractivity contribution in [3.63, 3.8) is 0 Å². The monoisotopic (exact) mass is 1090 g/mol. The van der Waals surface area contributed by atoms with Gasteiger partial charge in [-0.1, -0.05) is 163 Å². The first kappa shape index (κ1) is 46.1. The molecule has 64 heavy (non-hydrogen) atoms. The predicted octanol–water partition coefficient (Wildman–Crippen LogP) is 19.0. The Morgan fingerprint density at radius 1 is 0.422 bits per heavy atom. The zero-order chi connectivity index (χ0) is 44.4. The molecule has 0 radical (unpaired) electrons. The van der Waals surface area contributed by atoms with Gasteiger partial charge in [0.05, 0.1) is 0 Å². The maximum atomic E-state index is 3.69. The van der Waals surface area contributed by atoms with E-state index in [1.54, 1.807) is 11.1 Å². The standard InChI is InChI=1S/C40H36Br2.C20H16Br2/c1-3-9-29-31-11-5-6-12-32(31)30(10-4-2)36-24-38-37(23-35(29)36)39(25-15-19-27(41)20-16-25)33-13-7-8-14-34(33)40(38)26-17-21-28(42)22-18-26;21-19-13-9-17(10-14-19)7-5-3-1-2-4-6-8-18-11-15-20(22)16-12-18/h5-6,11-12,15-24H,3-4,7-10,13-14H2,1-2H3;9-16H,1-4H2. The maximum absolute atomic E-state index is 3.69. The summed E-state index contributed by atoms with van der Waals surface area (Å²) < 4.78 is 4.43. The maximum Gasteiger partial charge on any atom is 0.0246 e. The highest BCUT2D eigenvalue weighted by atomic mass is 79.9. The Kier molecular flexibility index (Phi) is 16.0. The van der Waals surface area contributed by atoms with Crippen LogP contribution < -0.4 is 0 Å². The molecule has 0 saturated carbocycles. The van der Waals surface area contributed by atoms with Crippen LogP contribution in [-0.4, -0.2) is 0 Å². The summed E-state index contributed by atoms with van der Waals surface area (Å²) in [5.74, 6) is 12.8. The van der Waals surface area contributed by atoms with Crippen LogP contribution in [-0.2, 0) is 25.7 Å². The minimum absolute atomic E-state index is 0.927. The van der Waals surface area contributed by atoms with E-state index in [1.807, 2.05) is 48.5 Å². The Bertz CT molecular complexity index is 2820. The fourth-order valence-corrected chi connectivity index (χ4v) is 10.4. The van der Waals surface area contributed by atoms with E-state index in [2.05, 4.69) is 186 Å². The molecule has 320 valence electrons. The first-order valence-corrected chi connectivity index (χ1v) is 26.0. The van der Waals surface area contributed by atoms with E-state index in [0.29, 0.717) is 0 Å². The van der Waals surface area contributed by atoms with Crippen LogP contribution in [0.3, 0.4) is 0 Å². The van der Waals surface area contributed by atoms with E-state index >= 15 is 0 Å². The SMILES string of the molecule is Brc1ccc(C#CCCCCC#Cc2ccc(Br)cc2)cc1.CCCc1c2ccccc2c(CCC)c2cc3c(-c4ccc(Br)cc4)c4c(c(-c5ccc(Br)cc5)c3cc12)CCCC4. The number of rotatable bonds is 9. The molecule has 0 fully saturated rings. The lowest BCUT2D eigenvalue weighted by Crippen LogP contribution is -2.08. The van der Waals surface area contributed by atoms with E-state index in [4.69, 9.17) is 0 Å². The molecule has 0 unspecified atom stereocenters. The molecule has 4 heteroatoms. The van der Waals surface area contributed by atoms with Crippen LogP contribution >= 0.6 is 63.7 Å². The molecule has 1 aliphatic carbocycles. The molecule has 0 spiro atoms. The summed E-state index contributed by atoms with van der Waals surface area (Å²) in [6.07, 6.45) is 13.3. The second kappa shape index (κ2) is 22.2. The molecule has 0 aromatic heterocycles. The van der Waals surface area contributed by atoms with E-state index in [1.165, 1.54) is 78.5 Å². The van der Waals surface area contributed by atoms with E-state index in [0.717, 1.165) is 93.2 Å². The quantitative estimate of drug-likeness (QED) is 0.0768. The molecule has 8 aromatic rings. The van der Waals surface area contributed by atoms with Gasteiger partial charge in [0, 0.05) is 41.9 Å². The molecule has 0 heterocycles. The molecule has 9 rings (SSSR count). The number of unbranched alkanes of at least 4 members (excludes halogenated alkanes) is 3.